The molecule has 0 aliphatic rings. The first-order chi connectivity index (χ1) is 22.3. The zero-order chi connectivity index (χ0) is 34.6. The summed E-state index contributed by atoms with van der Waals surface area (Å²) in [7, 11) is 0. The number of aryl methyl sites for hydroxylation is 3. The second kappa shape index (κ2) is 14.6. The lowest BCUT2D eigenvalue weighted by atomic mass is 9.84. The van der Waals surface area contributed by atoms with Crippen LogP contribution in [0.5, 0.6) is 0 Å². The summed E-state index contributed by atoms with van der Waals surface area (Å²) in [6.07, 6.45) is 3.71. The Morgan fingerprint density at radius 3 is 2.00 bits per heavy atom. The van der Waals surface area contributed by atoms with Crippen molar-refractivity contribution in [2.75, 3.05) is 5.32 Å². The number of fused-ring (bicyclic) bond motifs is 1. The van der Waals surface area contributed by atoms with Crippen LogP contribution in [0.4, 0.5) is 37.7 Å². The monoisotopic (exact) mass is 655 g/mol. The number of hydrogen-bond acceptors (Lipinski definition) is 3. The van der Waals surface area contributed by atoms with E-state index < -0.39 is 40.6 Å². The van der Waals surface area contributed by atoms with Crippen molar-refractivity contribution in [1.82, 2.24) is 4.57 Å². The van der Waals surface area contributed by atoms with Gasteiger partial charge < -0.3 is 15.1 Å². The summed E-state index contributed by atoms with van der Waals surface area (Å²) in [6.45, 7) is 9.85. The van der Waals surface area contributed by atoms with E-state index in [0.29, 0.717) is 34.9 Å². The van der Waals surface area contributed by atoms with E-state index >= 15 is 13.2 Å². The second-order valence-corrected chi connectivity index (χ2v) is 12.5. The molecule has 0 unspecified atom stereocenters. The van der Waals surface area contributed by atoms with E-state index in [1.807, 2.05) is 0 Å². The zero-order valence-corrected chi connectivity index (χ0v) is 27.0. The summed E-state index contributed by atoms with van der Waals surface area (Å²) >= 11 is 0. The van der Waals surface area contributed by atoms with Crippen molar-refractivity contribution in [3.8, 4) is 16.9 Å². The van der Waals surface area contributed by atoms with Gasteiger partial charge in [0.1, 0.15) is 11.6 Å². The van der Waals surface area contributed by atoms with Crippen LogP contribution in [0.3, 0.4) is 0 Å². The number of benzene rings is 4. The van der Waals surface area contributed by atoms with Crippen molar-refractivity contribution < 1.29 is 31.5 Å². The molecular formula is C37H39F6N3O. The smallest absolute Gasteiger partial charge is 0.183 e. The number of anilines is 2. The van der Waals surface area contributed by atoms with Gasteiger partial charge in [-0.3, -0.25) is 0 Å². The number of nitrogens with two attached hydrogens (primary N) is 1. The van der Waals surface area contributed by atoms with Gasteiger partial charge in [0.05, 0.1) is 28.3 Å². The molecule has 4 nitrogen and oxygen atoms in total. The fourth-order valence-corrected chi connectivity index (χ4v) is 5.76. The molecule has 1 aromatic heterocycles. The fraction of sp³-hybridized carbons (Fsp3) is 0.297. The van der Waals surface area contributed by atoms with Gasteiger partial charge in [-0.15, -0.1) is 0 Å². The SMILES string of the molecule is CCC(C)(C)CCCCc1c(-c2ccc(F)c(F)c2Nc2ccc(C)cc2F)n(-c2ccc(C)cc2F)c2c(F)c(F)ccc12.NO. The lowest BCUT2D eigenvalue weighted by molar-refractivity contribution is 0.309. The maximum atomic E-state index is 15.8. The second-order valence-electron chi connectivity index (χ2n) is 12.5. The van der Waals surface area contributed by atoms with Gasteiger partial charge in [0.2, 0.25) is 0 Å². The van der Waals surface area contributed by atoms with E-state index in [2.05, 4.69) is 32.0 Å². The van der Waals surface area contributed by atoms with Crippen LogP contribution in [-0.2, 0) is 6.42 Å². The standard InChI is InChI=1S/C37H36F6N2.H3NO/c1-6-37(4,5)18-8-7-9-23-24-12-14-27(39)33(43)36(24)45(31-17-11-22(3)20-29(31)41)35(23)25-13-15-26(38)32(42)34(25)44-30-16-10-21(2)19-28(30)40;1-2/h10-17,19-20,44H,6-9,18H2,1-5H3;2H,1H2. The number of halogens is 6. The van der Waals surface area contributed by atoms with E-state index in [1.165, 1.54) is 41.0 Å². The first-order valence-corrected chi connectivity index (χ1v) is 15.4. The topological polar surface area (TPSA) is 63.2 Å². The first-order valence-electron chi connectivity index (χ1n) is 15.4. The highest BCUT2D eigenvalue weighted by molar-refractivity contribution is 5.97. The molecule has 1 heterocycles. The minimum atomic E-state index is -1.30. The molecule has 10 heteroatoms. The Bertz CT molecular complexity index is 1900. The minimum Gasteiger partial charge on any atom is -0.350 e. The summed E-state index contributed by atoms with van der Waals surface area (Å²) < 4.78 is 93.2. The molecular weight excluding hydrogens is 616 g/mol. The highest BCUT2D eigenvalue weighted by Crippen LogP contribution is 2.44. The molecule has 0 aliphatic heterocycles. The summed E-state index contributed by atoms with van der Waals surface area (Å²) in [5.41, 5.74) is 1.18. The summed E-state index contributed by atoms with van der Waals surface area (Å²) in [4.78, 5) is 0. The van der Waals surface area contributed by atoms with Gasteiger partial charge in [-0.2, -0.15) is 0 Å². The summed E-state index contributed by atoms with van der Waals surface area (Å²) in [6, 6.07) is 13.2. The van der Waals surface area contributed by atoms with Crippen LogP contribution < -0.4 is 11.2 Å². The molecule has 4 N–H and O–H groups in total. The van der Waals surface area contributed by atoms with E-state index in [1.54, 1.807) is 26.0 Å². The molecule has 4 aromatic carbocycles. The average molecular weight is 656 g/mol. The molecule has 0 fully saturated rings. The van der Waals surface area contributed by atoms with Gasteiger partial charge in [-0.25, -0.2) is 32.2 Å². The third-order valence-electron chi connectivity index (χ3n) is 8.69. The largest absolute Gasteiger partial charge is 0.350 e. The Labute approximate surface area is 270 Å². The number of aromatic nitrogens is 1. The highest BCUT2D eigenvalue weighted by atomic mass is 19.2. The van der Waals surface area contributed by atoms with E-state index in [0.717, 1.165) is 31.4 Å². The fourth-order valence-electron chi connectivity index (χ4n) is 5.76. The van der Waals surface area contributed by atoms with Crippen molar-refractivity contribution in [1.29, 1.82) is 0 Å². The van der Waals surface area contributed by atoms with Crippen molar-refractivity contribution in [3.63, 3.8) is 0 Å². The third kappa shape index (κ3) is 7.34. The van der Waals surface area contributed by atoms with Gasteiger partial charge >= 0.3 is 0 Å². The molecule has 0 saturated heterocycles. The van der Waals surface area contributed by atoms with Crippen molar-refractivity contribution >= 4 is 22.3 Å². The average Bonchev–Trinajstić information content (AvgIpc) is 3.35. The lowest BCUT2D eigenvalue weighted by Gasteiger charge is -2.22. The van der Waals surface area contributed by atoms with Crippen LogP contribution in [-0.4, -0.2) is 9.77 Å². The van der Waals surface area contributed by atoms with Gasteiger partial charge in [0.25, 0.3) is 0 Å². The van der Waals surface area contributed by atoms with E-state index in [9.17, 15) is 13.2 Å². The molecule has 250 valence electrons. The predicted molar refractivity (Wildman–Crippen MR) is 175 cm³/mol. The Morgan fingerprint density at radius 2 is 1.36 bits per heavy atom. The van der Waals surface area contributed by atoms with Crippen LogP contribution in [0.25, 0.3) is 27.8 Å². The number of hydrogen-bond donors (Lipinski definition) is 3. The quantitative estimate of drug-likeness (QED) is 0.0797. The molecule has 0 radical (unpaired) electrons. The first kappa shape index (κ1) is 35.6. The van der Waals surface area contributed by atoms with Crippen LogP contribution >= 0.6 is 0 Å². The molecule has 0 aliphatic carbocycles. The number of nitrogens with one attached hydrogen (secondary N) is 1. The highest BCUT2D eigenvalue weighted by Gasteiger charge is 2.29. The number of nitrogens with zero attached hydrogens (tertiary/aromatic N) is 1. The molecule has 0 atom stereocenters. The minimum absolute atomic E-state index is 0.0359. The molecule has 0 spiro atoms. The molecule has 47 heavy (non-hydrogen) atoms. The van der Waals surface area contributed by atoms with Crippen molar-refractivity contribution in [2.45, 2.75) is 66.7 Å². The Morgan fingerprint density at radius 1 is 0.745 bits per heavy atom. The zero-order valence-electron chi connectivity index (χ0n) is 27.0. The molecule has 5 rings (SSSR count). The lowest BCUT2D eigenvalue weighted by Crippen LogP contribution is -2.09. The Kier molecular flexibility index (Phi) is 11.1. The van der Waals surface area contributed by atoms with E-state index in [-0.39, 0.29) is 33.6 Å². The van der Waals surface area contributed by atoms with Crippen molar-refractivity contribution in [2.24, 2.45) is 11.3 Å². The Hall–Kier alpha value is -4.28. The molecule has 0 saturated carbocycles. The van der Waals surface area contributed by atoms with Gasteiger partial charge in [-0.05, 0) is 104 Å². The van der Waals surface area contributed by atoms with Crippen molar-refractivity contribution in [3.05, 3.63) is 112 Å². The van der Waals surface area contributed by atoms with Crippen LogP contribution in [0, 0.1) is 54.2 Å². The van der Waals surface area contributed by atoms with Crippen LogP contribution in [0.2, 0.25) is 0 Å². The van der Waals surface area contributed by atoms with Gasteiger partial charge in [0, 0.05) is 10.9 Å². The van der Waals surface area contributed by atoms with Crippen LogP contribution in [0.1, 0.15) is 63.1 Å². The molecule has 0 amide bonds. The third-order valence-corrected chi connectivity index (χ3v) is 8.69. The maximum Gasteiger partial charge on any atom is 0.183 e. The molecule has 5 aromatic rings. The predicted octanol–water partition coefficient (Wildman–Crippen LogP) is 11.0. The van der Waals surface area contributed by atoms with Gasteiger partial charge in [-0.1, -0.05) is 45.7 Å². The summed E-state index contributed by atoms with van der Waals surface area (Å²) in [5, 5.41) is 9.52. The normalized spacial score (nSPS) is 11.5. The number of unbranched alkanes of at least 4 members (excludes halogenated alkanes) is 1. The summed E-state index contributed by atoms with van der Waals surface area (Å²) in [5.74, 6) is -2.73. The van der Waals surface area contributed by atoms with Crippen LogP contribution in [0.15, 0.2) is 60.7 Å². The maximum absolute atomic E-state index is 15.8. The van der Waals surface area contributed by atoms with Gasteiger partial charge in [0.15, 0.2) is 23.3 Å². The Balaban J connectivity index is 0.00000245. The number of rotatable bonds is 10. The molecule has 0 bridgehead atoms. The van der Waals surface area contributed by atoms with E-state index in [4.69, 9.17) is 5.21 Å².